The van der Waals surface area contributed by atoms with Crippen molar-refractivity contribution >= 4 is 17.1 Å². The molecular formula is C15H15N3O2. The Morgan fingerprint density at radius 1 is 1.10 bits per heavy atom. The van der Waals surface area contributed by atoms with E-state index >= 15 is 0 Å². The normalized spacial score (nSPS) is 9.65. The summed E-state index contributed by atoms with van der Waals surface area (Å²) in [5.74, 6) is 1.36. The van der Waals surface area contributed by atoms with E-state index in [2.05, 4.69) is 11.4 Å². The van der Waals surface area contributed by atoms with E-state index in [0.717, 1.165) is 0 Å². The third kappa shape index (κ3) is 2.59. The summed E-state index contributed by atoms with van der Waals surface area (Å²) in [7, 11) is 3.18. The molecule has 0 spiro atoms. The van der Waals surface area contributed by atoms with Gasteiger partial charge in [0.15, 0.2) is 0 Å². The zero-order valence-electron chi connectivity index (χ0n) is 11.3. The van der Waals surface area contributed by atoms with E-state index in [9.17, 15) is 0 Å². The largest absolute Gasteiger partial charge is 0.497 e. The van der Waals surface area contributed by atoms with Gasteiger partial charge in [-0.1, -0.05) is 6.07 Å². The summed E-state index contributed by atoms with van der Waals surface area (Å²) in [6.07, 6.45) is 0. The zero-order chi connectivity index (χ0) is 14.5. The second-order valence-corrected chi connectivity index (χ2v) is 4.07. The number of nitrogen functional groups attached to an aromatic ring is 1. The Labute approximate surface area is 117 Å². The first kappa shape index (κ1) is 13.6. The molecule has 0 amide bonds. The van der Waals surface area contributed by atoms with Gasteiger partial charge in [0, 0.05) is 6.07 Å². The van der Waals surface area contributed by atoms with Gasteiger partial charge < -0.3 is 20.5 Å². The lowest BCUT2D eigenvalue weighted by atomic mass is 10.1. The molecule has 0 aliphatic rings. The number of para-hydroxylation sites is 1. The summed E-state index contributed by atoms with van der Waals surface area (Å²) in [6, 6.07) is 12.7. The van der Waals surface area contributed by atoms with Crippen LogP contribution in [0, 0.1) is 11.3 Å². The summed E-state index contributed by atoms with van der Waals surface area (Å²) >= 11 is 0. The van der Waals surface area contributed by atoms with Gasteiger partial charge >= 0.3 is 0 Å². The molecule has 102 valence electrons. The average molecular weight is 269 g/mol. The van der Waals surface area contributed by atoms with Crippen LogP contribution in [-0.2, 0) is 0 Å². The van der Waals surface area contributed by atoms with Crippen molar-refractivity contribution in [2.75, 3.05) is 25.3 Å². The van der Waals surface area contributed by atoms with Gasteiger partial charge in [0.2, 0.25) is 0 Å². The van der Waals surface area contributed by atoms with E-state index in [0.29, 0.717) is 34.1 Å². The summed E-state index contributed by atoms with van der Waals surface area (Å²) in [5, 5.41) is 12.1. The number of hydrogen-bond donors (Lipinski definition) is 2. The van der Waals surface area contributed by atoms with Gasteiger partial charge in [-0.05, 0) is 24.3 Å². The molecule has 3 N–H and O–H groups in total. The first-order valence-corrected chi connectivity index (χ1v) is 5.97. The van der Waals surface area contributed by atoms with Gasteiger partial charge in [-0.25, -0.2) is 0 Å². The van der Waals surface area contributed by atoms with Crippen molar-refractivity contribution in [3.05, 3.63) is 42.0 Å². The van der Waals surface area contributed by atoms with Gasteiger partial charge in [0.1, 0.15) is 17.6 Å². The highest BCUT2D eigenvalue weighted by Crippen LogP contribution is 2.33. The number of rotatable bonds is 4. The third-order valence-electron chi connectivity index (χ3n) is 2.90. The van der Waals surface area contributed by atoms with E-state index in [4.69, 9.17) is 20.5 Å². The van der Waals surface area contributed by atoms with Gasteiger partial charge in [-0.2, -0.15) is 5.26 Å². The number of hydrogen-bond acceptors (Lipinski definition) is 5. The van der Waals surface area contributed by atoms with Gasteiger partial charge in [-0.3, -0.25) is 0 Å². The van der Waals surface area contributed by atoms with Crippen molar-refractivity contribution in [3.8, 4) is 17.6 Å². The molecule has 0 heterocycles. The molecule has 0 saturated carbocycles. The fraction of sp³-hybridized carbons (Fsp3) is 0.133. The van der Waals surface area contributed by atoms with Gasteiger partial charge in [0.05, 0.1) is 36.8 Å². The minimum Gasteiger partial charge on any atom is -0.497 e. The number of nitrogens with one attached hydrogen (secondary N) is 1. The zero-order valence-corrected chi connectivity index (χ0v) is 11.3. The van der Waals surface area contributed by atoms with Crippen LogP contribution in [0.3, 0.4) is 0 Å². The third-order valence-corrected chi connectivity index (χ3v) is 2.90. The van der Waals surface area contributed by atoms with Crippen molar-refractivity contribution in [2.24, 2.45) is 0 Å². The SMILES string of the molecule is COc1ccc(OC)c(Nc2cccc(C#N)c2N)c1. The van der Waals surface area contributed by atoms with Gasteiger partial charge in [0.25, 0.3) is 0 Å². The van der Waals surface area contributed by atoms with Crippen LogP contribution < -0.4 is 20.5 Å². The van der Waals surface area contributed by atoms with E-state index in [1.54, 1.807) is 50.6 Å². The van der Waals surface area contributed by atoms with E-state index in [1.807, 2.05) is 0 Å². The van der Waals surface area contributed by atoms with Crippen LogP contribution in [0.25, 0.3) is 0 Å². The molecule has 20 heavy (non-hydrogen) atoms. The first-order chi connectivity index (χ1) is 9.69. The Morgan fingerprint density at radius 3 is 2.55 bits per heavy atom. The number of methoxy groups -OCH3 is 2. The van der Waals surface area contributed by atoms with Crippen LogP contribution in [0.5, 0.6) is 11.5 Å². The quantitative estimate of drug-likeness (QED) is 0.834. The highest BCUT2D eigenvalue weighted by atomic mass is 16.5. The Kier molecular flexibility index (Phi) is 3.96. The molecule has 2 aromatic carbocycles. The summed E-state index contributed by atoms with van der Waals surface area (Å²) in [6.45, 7) is 0. The molecule has 2 aromatic rings. The predicted octanol–water partition coefficient (Wildman–Crippen LogP) is 2.90. The number of benzene rings is 2. The topological polar surface area (TPSA) is 80.3 Å². The molecular weight excluding hydrogens is 254 g/mol. The number of nitrogens with zero attached hydrogens (tertiary/aromatic N) is 1. The lowest BCUT2D eigenvalue weighted by Gasteiger charge is -2.14. The summed E-state index contributed by atoms with van der Waals surface area (Å²) in [5.41, 5.74) is 8.14. The van der Waals surface area contributed by atoms with E-state index < -0.39 is 0 Å². The highest BCUT2D eigenvalue weighted by molar-refractivity contribution is 5.79. The number of nitrogens with two attached hydrogens (primary N) is 1. The molecule has 0 fully saturated rings. The van der Waals surface area contributed by atoms with Crippen molar-refractivity contribution in [2.45, 2.75) is 0 Å². The van der Waals surface area contributed by atoms with Crippen molar-refractivity contribution in [1.82, 2.24) is 0 Å². The molecule has 0 aliphatic carbocycles. The molecule has 0 aromatic heterocycles. The van der Waals surface area contributed by atoms with Crippen LogP contribution in [0.15, 0.2) is 36.4 Å². The first-order valence-electron chi connectivity index (χ1n) is 5.97. The van der Waals surface area contributed by atoms with Crippen molar-refractivity contribution in [3.63, 3.8) is 0 Å². The Hall–Kier alpha value is -2.87. The molecule has 0 atom stereocenters. The monoisotopic (exact) mass is 269 g/mol. The lowest BCUT2D eigenvalue weighted by molar-refractivity contribution is 0.405. The maximum atomic E-state index is 8.99. The lowest BCUT2D eigenvalue weighted by Crippen LogP contribution is -2.00. The maximum absolute atomic E-state index is 8.99. The molecule has 2 rings (SSSR count). The Morgan fingerprint density at radius 2 is 1.90 bits per heavy atom. The van der Waals surface area contributed by atoms with E-state index in [-0.39, 0.29) is 0 Å². The molecule has 0 bridgehead atoms. The minimum atomic E-state index is 0.403. The molecule has 0 radical (unpaired) electrons. The van der Waals surface area contributed by atoms with Crippen LogP contribution >= 0.6 is 0 Å². The van der Waals surface area contributed by atoms with Crippen LogP contribution in [0.4, 0.5) is 17.1 Å². The number of ether oxygens (including phenoxy) is 2. The number of anilines is 3. The standard InChI is InChI=1S/C15H15N3O2/c1-19-11-6-7-14(20-2)13(8-11)18-12-5-3-4-10(9-16)15(12)17/h3-8,18H,17H2,1-2H3. The molecule has 0 unspecified atom stereocenters. The molecule has 0 aliphatic heterocycles. The highest BCUT2D eigenvalue weighted by Gasteiger charge is 2.09. The van der Waals surface area contributed by atoms with Crippen molar-refractivity contribution < 1.29 is 9.47 Å². The second kappa shape index (κ2) is 5.85. The average Bonchev–Trinajstić information content (AvgIpc) is 2.49. The second-order valence-electron chi connectivity index (χ2n) is 4.07. The van der Waals surface area contributed by atoms with E-state index in [1.165, 1.54) is 0 Å². The molecule has 5 nitrogen and oxygen atoms in total. The summed E-state index contributed by atoms with van der Waals surface area (Å²) in [4.78, 5) is 0. The summed E-state index contributed by atoms with van der Waals surface area (Å²) < 4.78 is 10.5. The van der Waals surface area contributed by atoms with Crippen molar-refractivity contribution in [1.29, 1.82) is 5.26 Å². The minimum absolute atomic E-state index is 0.403. The van der Waals surface area contributed by atoms with Crippen LogP contribution in [-0.4, -0.2) is 14.2 Å². The molecule has 5 heteroatoms. The fourth-order valence-electron chi connectivity index (χ4n) is 1.83. The maximum Gasteiger partial charge on any atom is 0.142 e. The van der Waals surface area contributed by atoms with Crippen LogP contribution in [0.2, 0.25) is 0 Å². The van der Waals surface area contributed by atoms with Gasteiger partial charge in [-0.15, -0.1) is 0 Å². The Bertz CT molecular complexity index is 663. The molecule has 0 saturated heterocycles. The fourth-order valence-corrected chi connectivity index (χ4v) is 1.83. The predicted molar refractivity (Wildman–Crippen MR) is 78.4 cm³/mol. The smallest absolute Gasteiger partial charge is 0.142 e. The van der Waals surface area contributed by atoms with Crippen LogP contribution in [0.1, 0.15) is 5.56 Å². The Balaban J connectivity index is 2.42. The number of nitriles is 1.